The van der Waals surface area contributed by atoms with Gasteiger partial charge in [-0.25, -0.2) is 14.4 Å². The molecule has 3 atom stereocenters. The number of H-pyrrole nitrogens is 1. The Labute approximate surface area is 199 Å². The van der Waals surface area contributed by atoms with Crippen molar-refractivity contribution in [3.8, 4) is 17.2 Å². The van der Waals surface area contributed by atoms with Gasteiger partial charge in [-0.1, -0.05) is 0 Å². The molecule has 1 aliphatic rings. The average molecular weight is 494 g/mol. The van der Waals surface area contributed by atoms with Crippen LogP contribution in [0.4, 0.5) is 0 Å². The number of nitrogens with zero attached hydrogens (tertiary/aromatic N) is 1. The highest BCUT2D eigenvalue weighted by Gasteiger charge is 2.39. The second-order valence-electron chi connectivity index (χ2n) is 7.54. The summed E-state index contributed by atoms with van der Waals surface area (Å²) in [6.45, 7) is 0.316. The number of hydrogen-bond acceptors (Lipinski definition) is 11. The molecule has 13 heteroatoms. The number of aryl methyl sites for hydroxylation is 1. The number of benzene rings is 1. The van der Waals surface area contributed by atoms with Crippen molar-refractivity contribution < 1.29 is 43.1 Å². The Balaban J connectivity index is 1.64. The molecule has 0 radical (unpaired) electrons. The molecule has 1 aromatic carbocycles. The van der Waals surface area contributed by atoms with E-state index in [0.717, 1.165) is 4.57 Å². The van der Waals surface area contributed by atoms with E-state index >= 15 is 0 Å². The molecule has 35 heavy (non-hydrogen) atoms. The first-order chi connectivity index (χ1) is 16.7. The van der Waals surface area contributed by atoms with E-state index in [9.17, 15) is 24.3 Å². The number of methoxy groups -OCH3 is 3. The van der Waals surface area contributed by atoms with Gasteiger partial charge in [0.2, 0.25) is 5.75 Å². The summed E-state index contributed by atoms with van der Waals surface area (Å²) in [6.07, 6.45) is -1.37. The lowest BCUT2D eigenvalue weighted by molar-refractivity contribution is -0.156. The monoisotopic (exact) mass is 494 g/mol. The number of aliphatic hydroxyl groups is 1. The van der Waals surface area contributed by atoms with Crippen molar-refractivity contribution in [3.63, 3.8) is 0 Å². The number of carbonyl (C=O) groups is 2. The largest absolute Gasteiger partial charge is 0.493 e. The third-order valence-electron chi connectivity index (χ3n) is 5.32. The fourth-order valence-corrected chi connectivity index (χ4v) is 3.57. The summed E-state index contributed by atoms with van der Waals surface area (Å²) in [6, 6.07) is 2.74. The number of esters is 2. The Morgan fingerprint density at radius 2 is 1.80 bits per heavy atom. The topological polar surface area (TPSA) is 165 Å². The maximum atomic E-state index is 12.5. The van der Waals surface area contributed by atoms with Crippen molar-refractivity contribution in [2.45, 2.75) is 31.8 Å². The molecule has 0 amide bonds. The van der Waals surface area contributed by atoms with Crippen LogP contribution in [0.2, 0.25) is 0 Å². The molecule has 2 N–H and O–H groups in total. The second kappa shape index (κ2) is 11.1. The quantitative estimate of drug-likeness (QED) is 0.448. The van der Waals surface area contributed by atoms with Gasteiger partial charge in [0.1, 0.15) is 18.4 Å². The highest BCUT2D eigenvalue weighted by molar-refractivity contribution is 5.92. The van der Waals surface area contributed by atoms with Gasteiger partial charge in [-0.2, -0.15) is 0 Å². The molecule has 0 spiro atoms. The summed E-state index contributed by atoms with van der Waals surface area (Å²) in [7, 11) is 4.20. The van der Waals surface area contributed by atoms with Crippen molar-refractivity contribution in [1.82, 2.24) is 9.55 Å². The van der Waals surface area contributed by atoms with Gasteiger partial charge in [0.25, 0.3) is 5.56 Å². The van der Waals surface area contributed by atoms with Gasteiger partial charge >= 0.3 is 17.6 Å². The molecule has 2 aromatic rings. The van der Waals surface area contributed by atoms with Gasteiger partial charge in [-0.15, -0.1) is 0 Å². The number of nitrogens with one attached hydrogen (secondary N) is 1. The SMILES string of the molecule is COc1cc(C(=O)OCC(=O)OC2CC(n3cc(C)c(=O)[nH]c3=O)OC2CO)cc(OC)c1OC. The highest BCUT2D eigenvalue weighted by Crippen LogP contribution is 2.38. The van der Waals surface area contributed by atoms with E-state index in [0.29, 0.717) is 0 Å². The third-order valence-corrected chi connectivity index (χ3v) is 5.32. The first-order valence-electron chi connectivity index (χ1n) is 10.5. The van der Waals surface area contributed by atoms with Crippen LogP contribution in [0.15, 0.2) is 27.9 Å². The van der Waals surface area contributed by atoms with Crippen molar-refractivity contribution in [2.75, 3.05) is 34.5 Å². The zero-order valence-electron chi connectivity index (χ0n) is 19.6. The molecule has 0 bridgehead atoms. The molecule has 2 heterocycles. The van der Waals surface area contributed by atoms with Crippen LogP contribution in [0.25, 0.3) is 0 Å². The Hall–Kier alpha value is -3.84. The fraction of sp³-hybridized carbons (Fsp3) is 0.455. The van der Waals surface area contributed by atoms with Crippen LogP contribution < -0.4 is 25.5 Å². The van der Waals surface area contributed by atoms with E-state index in [1.165, 1.54) is 46.6 Å². The van der Waals surface area contributed by atoms with Gasteiger partial charge in [0, 0.05) is 18.2 Å². The van der Waals surface area contributed by atoms with E-state index in [-0.39, 0.29) is 34.8 Å². The van der Waals surface area contributed by atoms with Gasteiger partial charge in [-0.05, 0) is 19.1 Å². The van der Waals surface area contributed by atoms with Crippen molar-refractivity contribution in [3.05, 3.63) is 50.3 Å². The standard InChI is InChI=1S/C22H26N2O11/c1-11-8-24(22(29)23-20(11)27)17-7-13(16(9-25)34-17)35-18(26)10-33-21(28)12-5-14(30-2)19(32-4)15(6-12)31-3/h5-6,8,13,16-17,25H,7,9-10H2,1-4H3,(H,23,27,29). The van der Waals surface area contributed by atoms with Gasteiger partial charge < -0.3 is 33.5 Å². The summed E-state index contributed by atoms with van der Waals surface area (Å²) >= 11 is 0. The van der Waals surface area contributed by atoms with Crippen LogP contribution >= 0.6 is 0 Å². The molecule has 3 unspecified atom stereocenters. The number of aliphatic hydroxyl groups excluding tert-OH is 1. The van der Waals surface area contributed by atoms with Gasteiger partial charge in [0.15, 0.2) is 18.1 Å². The van der Waals surface area contributed by atoms with Crippen LogP contribution in [-0.4, -0.2) is 73.3 Å². The smallest absolute Gasteiger partial charge is 0.344 e. The molecule has 0 saturated carbocycles. The van der Waals surface area contributed by atoms with Crippen molar-refractivity contribution in [1.29, 1.82) is 0 Å². The number of rotatable bonds is 9. The number of hydrogen-bond donors (Lipinski definition) is 2. The molecular weight excluding hydrogens is 468 g/mol. The molecule has 13 nitrogen and oxygen atoms in total. The molecular formula is C22H26N2O11. The third kappa shape index (κ3) is 5.63. The molecule has 1 aliphatic heterocycles. The summed E-state index contributed by atoms with van der Waals surface area (Å²) in [4.78, 5) is 50.7. The predicted octanol–water partition coefficient (Wildman–Crippen LogP) is -0.0806. The zero-order valence-corrected chi connectivity index (χ0v) is 19.6. The summed E-state index contributed by atoms with van der Waals surface area (Å²) in [5.74, 6) is -0.976. The number of aromatic amines is 1. The lowest BCUT2D eigenvalue weighted by atomic mass is 10.2. The predicted molar refractivity (Wildman–Crippen MR) is 118 cm³/mol. The average Bonchev–Trinajstić information content (AvgIpc) is 3.25. The van der Waals surface area contributed by atoms with Crippen LogP contribution in [0.5, 0.6) is 17.2 Å². The van der Waals surface area contributed by atoms with E-state index in [4.69, 9.17) is 28.4 Å². The minimum absolute atomic E-state index is 0.0309. The number of carbonyl (C=O) groups excluding carboxylic acids is 2. The van der Waals surface area contributed by atoms with E-state index < -0.39 is 54.8 Å². The first-order valence-corrected chi connectivity index (χ1v) is 10.5. The number of ether oxygens (including phenoxy) is 6. The van der Waals surface area contributed by atoms with E-state index in [1.807, 2.05) is 0 Å². The Bertz CT molecular complexity index is 1180. The number of aromatic nitrogens is 2. The van der Waals surface area contributed by atoms with Crippen LogP contribution in [0.3, 0.4) is 0 Å². The fourth-order valence-electron chi connectivity index (χ4n) is 3.57. The zero-order chi connectivity index (χ0) is 25.7. The van der Waals surface area contributed by atoms with Crippen LogP contribution in [-0.2, 0) is 19.0 Å². The van der Waals surface area contributed by atoms with Gasteiger partial charge in [0.05, 0.1) is 33.5 Å². The van der Waals surface area contributed by atoms with Crippen molar-refractivity contribution in [2.24, 2.45) is 0 Å². The lowest BCUT2D eigenvalue weighted by Gasteiger charge is -2.17. The van der Waals surface area contributed by atoms with Crippen molar-refractivity contribution >= 4 is 11.9 Å². The van der Waals surface area contributed by atoms with Crippen LogP contribution in [0, 0.1) is 6.92 Å². The molecule has 1 aromatic heterocycles. The molecule has 190 valence electrons. The summed E-state index contributed by atoms with van der Waals surface area (Å²) in [5, 5.41) is 9.61. The molecule has 1 saturated heterocycles. The molecule has 3 rings (SSSR count). The normalized spacial score (nSPS) is 19.2. The van der Waals surface area contributed by atoms with Gasteiger partial charge in [-0.3, -0.25) is 14.3 Å². The first kappa shape index (κ1) is 25.8. The summed E-state index contributed by atoms with van der Waals surface area (Å²) < 4.78 is 32.7. The Kier molecular flexibility index (Phi) is 8.14. The van der Waals surface area contributed by atoms with E-state index in [2.05, 4.69) is 4.98 Å². The lowest BCUT2D eigenvalue weighted by Crippen LogP contribution is -2.33. The maximum absolute atomic E-state index is 12.5. The van der Waals surface area contributed by atoms with Crippen LogP contribution in [0.1, 0.15) is 28.6 Å². The Morgan fingerprint density at radius 1 is 1.14 bits per heavy atom. The molecule has 0 aliphatic carbocycles. The Morgan fingerprint density at radius 3 is 2.37 bits per heavy atom. The minimum Gasteiger partial charge on any atom is -0.493 e. The minimum atomic E-state index is -0.922. The molecule has 1 fully saturated rings. The maximum Gasteiger partial charge on any atom is 0.344 e. The highest BCUT2D eigenvalue weighted by atomic mass is 16.6. The second-order valence-corrected chi connectivity index (χ2v) is 7.54. The summed E-state index contributed by atoms with van der Waals surface area (Å²) in [5.41, 5.74) is -0.890. The van der Waals surface area contributed by atoms with E-state index in [1.54, 1.807) is 0 Å².